The van der Waals surface area contributed by atoms with Crippen molar-refractivity contribution in [2.24, 2.45) is 7.05 Å². The minimum atomic E-state index is -0.189. The number of benzene rings is 2. The van der Waals surface area contributed by atoms with Gasteiger partial charge in [-0.25, -0.2) is 4.98 Å². The van der Waals surface area contributed by atoms with Crippen molar-refractivity contribution in [2.45, 2.75) is 13.1 Å². The highest BCUT2D eigenvalue weighted by Crippen LogP contribution is 2.24. The van der Waals surface area contributed by atoms with E-state index < -0.39 is 0 Å². The number of carbonyl (C=O) groups is 1. The van der Waals surface area contributed by atoms with Crippen LogP contribution in [0.25, 0.3) is 22.2 Å². The molecule has 2 aromatic heterocycles. The van der Waals surface area contributed by atoms with Gasteiger partial charge in [-0.2, -0.15) is 0 Å². The Balaban J connectivity index is 1.44. The van der Waals surface area contributed by atoms with Gasteiger partial charge in [0.1, 0.15) is 0 Å². The number of nitrogens with one attached hydrogen (secondary N) is 2. The fourth-order valence-corrected chi connectivity index (χ4v) is 3.53. The van der Waals surface area contributed by atoms with Gasteiger partial charge in [0.2, 0.25) is 0 Å². The summed E-state index contributed by atoms with van der Waals surface area (Å²) < 4.78 is 1.96. The highest BCUT2D eigenvalue weighted by atomic mass is 16.1. The van der Waals surface area contributed by atoms with Crippen molar-refractivity contribution in [3.63, 3.8) is 0 Å². The number of imidazole rings is 1. The van der Waals surface area contributed by atoms with Crippen molar-refractivity contribution < 1.29 is 4.79 Å². The van der Waals surface area contributed by atoms with Crippen molar-refractivity contribution in [2.75, 3.05) is 5.32 Å². The summed E-state index contributed by atoms with van der Waals surface area (Å²) in [7, 11) is 1.95. The molecule has 0 spiro atoms. The minimum Gasteiger partial charge on any atom is -0.334 e. The summed E-state index contributed by atoms with van der Waals surface area (Å²) in [4.78, 5) is 16.8. The number of hydrogen-bond acceptors (Lipinski definition) is 5. The van der Waals surface area contributed by atoms with E-state index >= 15 is 0 Å². The summed E-state index contributed by atoms with van der Waals surface area (Å²) in [6.45, 7) is 1.65. The van der Waals surface area contributed by atoms with Crippen LogP contribution in [0.15, 0.2) is 55.0 Å². The summed E-state index contributed by atoms with van der Waals surface area (Å²) in [5, 5.41) is 15.4. The van der Waals surface area contributed by atoms with Crippen molar-refractivity contribution in [1.29, 1.82) is 0 Å². The smallest absolute Gasteiger partial charge is 0.256 e. The normalized spacial score (nSPS) is 12.9. The van der Waals surface area contributed by atoms with Crippen LogP contribution in [0, 0.1) is 0 Å². The zero-order valence-electron chi connectivity index (χ0n) is 15.3. The second-order valence-corrected chi connectivity index (χ2v) is 6.93. The second kappa shape index (κ2) is 6.54. The topological polar surface area (TPSA) is 84.7 Å². The fraction of sp³-hybridized carbons (Fsp3) is 0.143. The Morgan fingerprint density at radius 3 is 2.82 bits per heavy atom. The van der Waals surface area contributed by atoms with Gasteiger partial charge >= 0.3 is 0 Å². The van der Waals surface area contributed by atoms with Gasteiger partial charge in [0.05, 0.1) is 23.7 Å². The second-order valence-electron chi connectivity index (χ2n) is 6.93. The first-order chi connectivity index (χ1) is 13.7. The quantitative estimate of drug-likeness (QED) is 0.579. The third-order valence-corrected chi connectivity index (χ3v) is 5.04. The molecule has 0 unspecified atom stereocenters. The van der Waals surface area contributed by atoms with Crippen molar-refractivity contribution in [3.8, 4) is 11.3 Å². The molecule has 1 aliphatic heterocycles. The number of aryl methyl sites for hydroxylation is 1. The van der Waals surface area contributed by atoms with Gasteiger partial charge in [0.25, 0.3) is 5.91 Å². The zero-order valence-corrected chi connectivity index (χ0v) is 15.3. The van der Waals surface area contributed by atoms with Gasteiger partial charge in [-0.1, -0.05) is 12.1 Å². The largest absolute Gasteiger partial charge is 0.334 e. The van der Waals surface area contributed by atoms with Crippen LogP contribution in [0.5, 0.6) is 0 Å². The van der Waals surface area contributed by atoms with Gasteiger partial charge in [-0.3, -0.25) is 4.79 Å². The van der Waals surface area contributed by atoms with E-state index in [1.165, 1.54) is 5.56 Å². The summed E-state index contributed by atoms with van der Waals surface area (Å²) in [5.74, 6) is 0.240. The molecule has 0 bridgehead atoms. The van der Waals surface area contributed by atoms with Crippen molar-refractivity contribution >= 4 is 22.6 Å². The molecular formula is C21H18N6O. The maximum Gasteiger partial charge on any atom is 0.256 e. The third-order valence-electron chi connectivity index (χ3n) is 5.04. The molecule has 0 aliphatic carbocycles. The van der Waals surface area contributed by atoms with E-state index in [1.807, 2.05) is 60.3 Å². The third kappa shape index (κ3) is 2.91. The van der Waals surface area contributed by atoms with Gasteiger partial charge in [0.15, 0.2) is 5.82 Å². The van der Waals surface area contributed by atoms with E-state index in [2.05, 4.69) is 25.8 Å². The number of carbonyl (C=O) groups excluding carboxylic acids is 1. The molecule has 0 radical (unpaired) electrons. The molecule has 5 rings (SSSR count). The molecule has 1 amide bonds. The van der Waals surface area contributed by atoms with Crippen LogP contribution in [-0.4, -0.2) is 25.7 Å². The molecule has 2 aromatic carbocycles. The highest BCUT2D eigenvalue weighted by Gasteiger charge is 2.14. The first kappa shape index (κ1) is 16.6. The van der Waals surface area contributed by atoms with E-state index in [0.29, 0.717) is 11.4 Å². The van der Waals surface area contributed by atoms with E-state index in [1.54, 1.807) is 6.33 Å². The lowest BCUT2D eigenvalue weighted by Crippen LogP contribution is -2.13. The minimum absolute atomic E-state index is 0.189. The average Bonchev–Trinajstić information content (AvgIpc) is 3.35. The summed E-state index contributed by atoms with van der Waals surface area (Å²) in [6.07, 6.45) is 3.59. The number of anilines is 1. The first-order valence-corrected chi connectivity index (χ1v) is 9.05. The van der Waals surface area contributed by atoms with Gasteiger partial charge < -0.3 is 15.2 Å². The van der Waals surface area contributed by atoms with E-state index in [9.17, 15) is 4.79 Å². The lowest BCUT2D eigenvalue weighted by molar-refractivity contribution is 0.102. The Labute approximate surface area is 161 Å². The van der Waals surface area contributed by atoms with Crippen molar-refractivity contribution in [1.82, 2.24) is 25.1 Å². The molecule has 0 atom stereocenters. The first-order valence-electron chi connectivity index (χ1n) is 9.05. The Morgan fingerprint density at radius 1 is 1.07 bits per heavy atom. The van der Waals surface area contributed by atoms with Crippen LogP contribution in [0.3, 0.4) is 0 Å². The number of aromatic nitrogens is 4. The zero-order chi connectivity index (χ0) is 19.1. The summed E-state index contributed by atoms with van der Waals surface area (Å²) in [6, 6.07) is 13.5. The lowest BCUT2D eigenvalue weighted by atomic mass is 10.1. The summed E-state index contributed by atoms with van der Waals surface area (Å²) in [5.41, 5.74) is 5.84. The predicted octanol–water partition coefficient (Wildman–Crippen LogP) is 2.89. The molecule has 28 heavy (non-hydrogen) atoms. The van der Waals surface area contributed by atoms with E-state index in [4.69, 9.17) is 0 Å². The maximum absolute atomic E-state index is 12.6. The highest BCUT2D eigenvalue weighted by molar-refractivity contribution is 6.04. The Bertz CT molecular complexity index is 1210. The van der Waals surface area contributed by atoms with Gasteiger partial charge in [-0.05, 0) is 41.5 Å². The number of amides is 1. The standard InChI is InChI=1S/C21H18N6O/c1-27-12-23-11-19(27)13-4-5-18-16(6-13)8-20(26-25-18)24-21(28)14-2-3-15-9-22-10-17(15)7-14/h2-8,11-12,22H,9-10H2,1H3,(H,24,26,28). The maximum atomic E-state index is 12.6. The van der Waals surface area contributed by atoms with Crippen LogP contribution in [0.1, 0.15) is 21.5 Å². The predicted molar refractivity (Wildman–Crippen MR) is 107 cm³/mol. The van der Waals surface area contributed by atoms with Crippen molar-refractivity contribution in [3.05, 3.63) is 71.7 Å². The molecule has 7 heteroatoms. The van der Waals surface area contributed by atoms with Crippen LogP contribution in [-0.2, 0) is 20.1 Å². The lowest BCUT2D eigenvalue weighted by Gasteiger charge is -2.08. The van der Waals surface area contributed by atoms with E-state index in [0.717, 1.165) is 40.8 Å². The molecule has 138 valence electrons. The molecule has 1 aliphatic rings. The Hall–Kier alpha value is -3.58. The molecule has 4 aromatic rings. The van der Waals surface area contributed by atoms with Gasteiger partial charge in [0, 0.05) is 36.7 Å². The summed E-state index contributed by atoms with van der Waals surface area (Å²) >= 11 is 0. The molecule has 0 fully saturated rings. The van der Waals surface area contributed by atoms with Crippen LogP contribution in [0.2, 0.25) is 0 Å². The van der Waals surface area contributed by atoms with Crippen LogP contribution >= 0.6 is 0 Å². The molecule has 2 N–H and O–H groups in total. The number of hydrogen-bond donors (Lipinski definition) is 2. The van der Waals surface area contributed by atoms with Crippen LogP contribution < -0.4 is 10.6 Å². The number of rotatable bonds is 3. The SMILES string of the molecule is Cn1cncc1-c1ccc2nnc(NC(=O)c3ccc4c(c3)CNC4)cc2c1. The fourth-order valence-electron chi connectivity index (χ4n) is 3.53. The molecule has 0 saturated heterocycles. The molecule has 3 heterocycles. The molecule has 0 saturated carbocycles. The average molecular weight is 370 g/mol. The Morgan fingerprint density at radius 2 is 1.96 bits per heavy atom. The molecule has 7 nitrogen and oxygen atoms in total. The molecular weight excluding hydrogens is 352 g/mol. The monoisotopic (exact) mass is 370 g/mol. The number of fused-ring (bicyclic) bond motifs is 2. The van der Waals surface area contributed by atoms with E-state index in [-0.39, 0.29) is 5.91 Å². The number of nitrogens with zero attached hydrogens (tertiary/aromatic N) is 4. The van der Waals surface area contributed by atoms with Gasteiger partial charge in [-0.15, -0.1) is 10.2 Å². The van der Waals surface area contributed by atoms with Crippen LogP contribution in [0.4, 0.5) is 5.82 Å². The Kier molecular flexibility index (Phi) is 3.87.